The third kappa shape index (κ3) is 9.74. The molecular weight excluding hydrogens is 446 g/mol. The largest absolute Gasteiger partial charge is 0.465 e. The number of nitrogens with zero attached hydrogens (tertiary/aromatic N) is 5. The number of rotatable bonds is 8. The van der Waals surface area contributed by atoms with Crippen molar-refractivity contribution in [2.45, 2.75) is 13.8 Å². The van der Waals surface area contributed by atoms with Crippen LogP contribution in [0, 0.1) is 5.92 Å². The zero-order valence-electron chi connectivity index (χ0n) is 18.6. The first-order valence-electron chi connectivity index (χ1n) is 9.93. The minimum absolute atomic E-state index is 0.178. The molecule has 0 aliphatic carbocycles. The molecule has 0 amide bonds. The number of nitrogens with one attached hydrogen (secondary N) is 1. The van der Waals surface area contributed by atoms with Gasteiger partial charge in [-0.3, -0.25) is 15.6 Å². The number of nitrogens with two attached hydrogens (primary N) is 1. The Hall–Kier alpha value is -4.52. The minimum Gasteiger partial charge on any atom is -0.465 e. The fourth-order valence-electron chi connectivity index (χ4n) is 2.04. The van der Waals surface area contributed by atoms with Gasteiger partial charge in [0.1, 0.15) is 12.6 Å². The van der Waals surface area contributed by atoms with Crippen molar-refractivity contribution in [3.8, 4) is 5.69 Å². The third-order valence-corrected chi connectivity index (χ3v) is 3.62. The molecular formula is C21H25N7O6. The molecule has 13 heteroatoms. The van der Waals surface area contributed by atoms with Gasteiger partial charge in [0.15, 0.2) is 5.92 Å². The Morgan fingerprint density at radius 2 is 1.71 bits per heavy atom. The lowest BCUT2D eigenvalue weighted by atomic mass is 10.2. The molecule has 0 spiro atoms. The molecule has 0 aromatic carbocycles. The topological polar surface area (TPSA) is 181 Å². The fraction of sp³-hybridized carbons (Fsp3) is 0.238. The van der Waals surface area contributed by atoms with Crippen molar-refractivity contribution in [1.82, 2.24) is 25.0 Å². The van der Waals surface area contributed by atoms with E-state index in [9.17, 15) is 19.2 Å². The van der Waals surface area contributed by atoms with Crippen LogP contribution in [0.25, 0.3) is 5.69 Å². The van der Waals surface area contributed by atoms with Crippen LogP contribution in [-0.4, -0.2) is 62.7 Å². The van der Waals surface area contributed by atoms with Crippen molar-refractivity contribution in [3.63, 3.8) is 0 Å². The third-order valence-electron chi connectivity index (χ3n) is 3.62. The van der Waals surface area contributed by atoms with Crippen LogP contribution in [0.5, 0.6) is 0 Å². The number of carbonyl (C=O) groups excluding carboxylic acids is 4. The summed E-state index contributed by atoms with van der Waals surface area (Å²) in [5.74, 6) is 2.64. The summed E-state index contributed by atoms with van der Waals surface area (Å²) in [6, 6.07) is 5.34. The van der Waals surface area contributed by atoms with Crippen LogP contribution in [0.1, 0.15) is 24.2 Å². The molecule has 0 aliphatic heterocycles. The van der Waals surface area contributed by atoms with E-state index in [-0.39, 0.29) is 25.1 Å². The summed E-state index contributed by atoms with van der Waals surface area (Å²) in [6.07, 6.45) is 10.1. The van der Waals surface area contributed by atoms with Crippen molar-refractivity contribution >= 4 is 30.2 Å². The van der Waals surface area contributed by atoms with Crippen LogP contribution in [0.4, 0.5) is 5.69 Å². The Kier molecular flexibility index (Phi) is 13.1. The Morgan fingerprint density at radius 3 is 2.21 bits per heavy atom. The molecule has 3 rings (SSSR count). The van der Waals surface area contributed by atoms with Crippen LogP contribution in [-0.2, 0) is 23.9 Å². The molecule has 3 N–H and O–H groups in total. The summed E-state index contributed by atoms with van der Waals surface area (Å²) >= 11 is 0. The number of hydrazine groups is 1. The second-order valence-electron chi connectivity index (χ2n) is 5.92. The number of aldehydes is 2. The maximum Gasteiger partial charge on any atom is 0.341 e. The Balaban J connectivity index is 0.000000277. The van der Waals surface area contributed by atoms with E-state index in [2.05, 4.69) is 30.4 Å². The number of hydrogen-bond donors (Lipinski definition) is 2. The normalized spacial score (nSPS) is 9.41. The molecule has 3 heterocycles. The van der Waals surface area contributed by atoms with Gasteiger partial charge in [-0.25, -0.2) is 9.48 Å². The van der Waals surface area contributed by atoms with Gasteiger partial charge < -0.3 is 24.5 Å². The van der Waals surface area contributed by atoms with Gasteiger partial charge in [-0.05, 0) is 32.0 Å². The SMILES string of the molecule is CCOC(=O)C(C=O)C=O.CCOC(=O)c1cnn(-c2ccncc2)c1.NNc1ccnnc1. The average molecular weight is 471 g/mol. The van der Waals surface area contributed by atoms with Crippen LogP contribution in [0.2, 0.25) is 0 Å². The summed E-state index contributed by atoms with van der Waals surface area (Å²) in [5.41, 5.74) is 4.48. The molecule has 13 nitrogen and oxygen atoms in total. The molecule has 0 bridgehead atoms. The quantitative estimate of drug-likeness (QED) is 0.155. The first kappa shape index (κ1) is 27.5. The second-order valence-corrected chi connectivity index (χ2v) is 5.92. The summed E-state index contributed by atoms with van der Waals surface area (Å²) in [7, 11) is 0. The molecule has 0 fully saturated rings. The highest BCUT2D eigenvalue weighted by atomic mass is 16.5. The summed E-state index contributed by atoms with van der Waals surface area (Å²) in [4.78, 5) is 45.7. The molecule has 3 aromatic rings. The predicted molar refractivity (Wildman–Crippen MR) is 119 cm³/mol. The standard InChI is InChI=1S/C11H11N3O2.C6H8O4.C4H6N4/c1-2-16-11(15)9-7-13-14(8-9)10-3-5-12-6-4-10;1-2-10-6(9)5(3-7)4-8;5-8-4-1-2-6-7-3-4/h3-8H,2H2,1H3;3-5H,2H2,1H3;1-3H,5H2,(H,6,8). The molecule has 0 radical (unpaired) electrons. The number of carbonyl (C=O) groups is 4. The van der Waals surface area contributed by atoms with Gasteiger partial charge in [-0.15, -0.1) is 0 Å². The van der Waals surface area contributed by atoms with Crippen LogP contribution in [0.3, 0.4) is 0 Å². The van der Waals surface area contributed by atoms with Crippen LogP contribution < -0.4 is 11.3 Å². The smallest absolute Gasteiger partial charge is 0.341 e. The number of aromatic nitrogens is 5. The van der Waals surface area contributed by atoms with E-state index in [1.54, 1.807) is 55.6 Å². The minimum atomic E-state index is -1.25. The van der Waals surface area contributed by atoms with Gasteiger partial charge in [0.05, 0.1) is 48.7 Å². The van der Waals surface area contributed by atoms with Crippen LogP contribution in [0.15, 0.2) is 55.4 Å². The highest BCUT2D eigenvalue weighted by molar-refractivity contribution is 6.02. The molecule has 3 aromatic heterocycles. The summed E-state index contributed by atoms with van der Waals surface area (Å²) < 4.78 is 10.9. The first-order chi connectivity index (χ1) is 16.5. The van der Waals surface area contributed by atoms with Gasteiger partial charge in [0.2, 0.25) is 0 Å². The molecule has 180 valence electrons. The maximum atomic E-state index is 11.4. The van der Waals surface area contributed by atoms with Crippen molar-refractivity contribution in [2.75, 3.05) is 18.6 Å². The number of nitrogen functional groups attached to an aromatic ring is 1. The van der Waals surface area contributed by atoms with Crippen molar-refractivity contribution < 1.29 is 28.7 Å². The second kappa shape index (κ2) is 16.2. The molecule has 0 aliphatic rings. The molecule has 34 heavy (non-hydrogen) atoms. The van der Waals surface area contributed by atoms with E-state index in [0.29, 0.717) is 12.2 Å². The lowest BCUT2D eigenvalue weighted by Gasteiger charge is -2.00. The number of anilines is 1. The number of pyridine rings is 1. The van der Waals surface area contributed by atoms with E-state index in [1.165, 1.54) is 6.20 Å². The Bertz CT molecular complexity index is 1010. The summed E-state index contributed by atoms with van der Waals surface area (Å²) in [6.45, 7) is 3.91. The van der Waals surface area contributed by atoms with E-state index < -0.39 is 11.9 Å². The number of hydrogen-bond acceptors (Lipinski definition) is 12. The lowest BCUT2D eigenvalue weighted by molar-refractivity contribution is -0.150. The Morgan fingerprint density at radius 1 is 1.03 bits per heavy atom. The highest BCUT2D eigenvalue weighted by Crippen LogP contribution is 2.07. The zero-order chi connectivity index (χ0) is 25.2. The van der Waals surface area contributed by atoms with Gasteiger partial charge in [0.25, 0.3) is 0 Å². The molecule has 0 unspecified atom stereocenters. The molecule has 0 atom stereocenters. The van der Waals surface area contributed by atoms with Gasteiger partial charge in [-0.2, -0.15) is 15.3 Å². The molecule has 0 saturated carbocycles. The van der Waals surface area contributed by atoms with Gasteiger partial charge in [-0.1, -0.05) is 0 Å². The van der Waals surface area contributed by atoms with Gasteiger partial charge in [0, 0.05) is 18.6 Å². The number of esters is 2. The monoisotopic (exact) mass is 471 g/mol. The Labute approximate surface area is 195 Å². The van der Waals surface area contributed by atoms with Crippen molar-refractivity contribution in [2.24, 2.45) is 11.8 Å². The van der Waals surface area contributed by atoms with E-state index in [0.717, 1.165) is 11.4 Å². The number of ether oxygens (including phenoxy) is 2. The van der Waals surface area contributed by atoms with Gasteiger partial charge >= 0.3 is 11.9 Å². The summed E-state index contributed by atoms with van der Waals surface area (Å²) in [5, 5.41) is 11.2. The van der Waals surface area contributed by atoms with Crippen molar-refractivity contribution in [3.05, 3.63) is 60.9 Å². The van der Waals surface area contributed by atoms with E-state index in [4.69, 9.17) is 10.6 Å². The highest BCUT2D eigenvalue weighted by Gasteiger charge is 2.16. The fourth-order valence-corrected chi connectivity index (χ4v) is 2.04. The molecule has 0 saturated heterocycles. The lowest BCUT2D eigenvalue weighted by Crippen LogP contribution is -2.19. The van der Waals surface area contributed by atoms with E-state index >= 15 is 0 Å². The average Bonchev–Trinajstić information content (AvgIpc) is 3.38. The zero-order valence-corrected chi connectivity index (χ0v) is 18.6. The first-order valence-corrected chi connectivity index (χ1v) is 9.93. The van der Waals surface area contributed by atoms with Crippen LogP contribution >= 0.6 is 0 Å². The maximum absolute atomic E-state index is 11.4. The van der Waals surface area contributed by atoms with Crippen molar-refractivity contribution in [1.29, 1.82) is 0 Å². The van der Waals surface area contributed by atoms with E-state index in [1.807, 2.05) is 12.1 Å². The predicted octanol–water partition coefficient (Wildman–Crippen LogP) is 0.770.